The summed E-state index contributed by atoms with van der Waals surface area (Å²) in [6.07, 6.45) is 6.10. The van der Waals surface area contributed by atoms with Gasteiger partial charge < -0.3 is 10.6 Å². The molecule has 0 saturated heterocycles. The van der Waals surface area contributed by atoms with Gasteiger partial charge in [0.1, 0.15) is 0 Å². The lowest BCUT2D eigenvalue weighted by molar-refractivity contribution is -0.134. The van der Waals surface area contributed by atoms with Crippen LogP contribution in [0.5, 0.6) is 0 Å². The number of halogens is 1. The summed E-state index contributed by atoms with van der Waals surface area (Å²) in [7, 11) is 1.90. The fourth-order valence-corrected chi connectivity index (χ4v) is 2.17. The molecule has 0 aromatic heterocycles. The molecule has 1 amide bonds. The van der Waals surface area contributed by atoms with E-state index in [0.717, 1.165) is 12.8 Å². The molecule has 0 spiro atoms. The van der Waals surface area contributed by atoms with Gasteiger partial charge in [0.2, 0.25) is 5.91 Å². The summed E-state index contributed by atoms with van der Waals surface area (Å²) in [4.78, 5) is 13.9. The molecule has 4 heteroatoms. The summed E-state index contributed by atoms with van der Waals surface area (Å²) in [5, 5.41) is 0. The van der Waals surface area contributed by atoms with Crippen LogP contribution < -0.4 is 5.73 Å². The molecule has 1 unspecified atom stereocenters. The first-order valence-electron chi connectivity index (χ1n) is 6.06. The van der Waals surface area contributed by atoms with Crippen LogP contribution in [-0.2, 0) is 4.79 Å². The Kier molecular flexibility index (Phi) is 7.00. The zero-order valence-corrected chi connectivity index (χ0v) is 11.4. The van der Waals surface area contributed by atoms with Crippen molar-refractivity contribution in [3.8, 4) is 0 Å². The summed E-state index contributed by atoms with van der Waals surface area (Å²) in [6.45, 7) is 3.99. The molecule has 16 heavy (non-hydrogen) atoms. The molecule has 1 atom stereocenters. The highest BCUT2D eigenvalue weighted by molar-refractivity contribution is 5.85. The average Bonchev–Trinajstić information content (AvgIpc) is 2.27. The maximum Gasteiger partial charge on any atom is 0.239 e. The maximum atomic E-state index is 12.0. The summed E-state index contributed by atoms with van der Waals surface area (Å²) in [5.41, 5.74) is 5.88. The minimum Gasteiger partial charge on any atom is -0.341 e. The fourth-order valence-electron chi connectivity index (χ4n) is 2.17. The molecule has 3 nitrogen and oxygen atoms in total. The molecular weight excluding hydrogens is 224 g/mol. The topological polar surface area (TPSA) is 46.3 Å². The summed E-state index contributed by atoms with van der Waals surface area (Å²) < 4.78 is 0. The van der Waals surface area contributed by atoms with E-state index in [9.17, 15) is 4.79 Å². The van der Waals surface area contributed by atoms with Gasteiger partial charge in [0.15, 0.2) is 0 Å². The predicted molar refractivity (Wildman–Crippen MR) is 69.7 cm³/mol. The monoisotopic (exact) mass is 248 g/mol. The Morgan fingerprint density at radius 2 is 1.75 bits per heavy atom. The van der Waals surface area contributed by atoms with Crippen LogP contribution in [-0.4, -0.2) is 29.9 Å². The van der Waals surface area contributed by atoms with Gasteiger partial charge in [-0.3, -0.25) is 4.79 Å². The van der Waals surface area contributed by atoms with E-state index < -0.39 is 0 Å². The van der Waals surface area contributed by atoms with Gasteiger partial charge in [-0.05, 0) is 18.8 Å². The molecule has 1 aliphatic carbocycles. The minimum absolute atomic E-state index is 0. The third-order valence-corrected chi connectivity index (χ3v) is 3.47. The van der Waals surface area contributed by atoms with Crippen molar-refractivity contribution in [2.75, 3.05) is 7.05 Å². The van der Waals surface area contributed by atoms with E-state index in [-0.39, 0.29) is 30.3 Å². The van der Waals surface area contributed by atoms with E-state index in [1.807, 2.05) is 25.8 Å². The molecule has 1 rings (SSSR count). The first kappa shape index (κ1) is 15.7. The van der Waals surface area contributed by atoms with Gasteiger partial charge in [-0.25, -0.2) is 0 Å². The van der Waals surface area contributed by atoms with Crippen molar-refractivity contribution < 1.29 is 4.79 Å². The largest absolute Gasteiger partial charge is 0.341 e. The maximum absolute atomic E-state index is 12.0. The molecule has 1 saturated carbocycles. The van der Waals surface area contributed by atoms with Crippen molar-refractivity contribution in [2.45, 2.75) is 58.0 Å². The van der Waals surface area contributed by atoms with Crippen LogP contribution in [0.2, 0.25) is 0 Å². The summed E-state index contributed by atoms with van der Waals surface area (Å²) >= 11 is 0. The Morgan fingerprint density at radius 1 is 1.25 bits per heavy atom. The third-order valence-electron chi connectivity index (χ3n) is 3.47. The fraction of sp³-hybridized carbons (Fsp3) is 0.917. The van der Waals surface area contributed by atoms with E-state index in [0.29, 0.717) is 6.04 Å². The number of amides is 1. The second-order valence-electron chi connectivity index (χ2n) is 5.01. The van der Waals surface area contributed by atoms with Crippen molar-refractivity contribution in [1.82, 2.24) is 4.90 Å². The predicted octanol–water partition coefficient (Wildman–Crippen LogP) is 2.18. The minimum atomic E-state index is -0.336. The van der Waals surface area contributed by atoms with Crippen LogP contribution in [0.4, 0.5) is 0 Å². The van der Waals surface area contributed by atoms with E-state index in [2.05, 4.69) is 0 Å². The Hall–Kier alpha value is -0.280. The van der Waals surface area contributed by atoms with Gasteiger partial charge in [-0.1, -0.05) is 33.1 Å². The zero-order valence-electron chi connectivity index (χ0n) is 10.6. The SMILES string of the molecule is CC(C)C(N)C(=O)N(C)C1CCCCC1.Cl. The lowest BCUT2D eigenvalue weighted by atomic mass is 9.93. The van der Waals surface area contributed by atoms with E-state index in [1.165, 1.54) is 19.3 Å². The average molecular weight is 249 g/mol. The molecule has 0 heterocycles. The van der Waals surface area contributed by atoms with Gasteiger partial charge in [-0.15, -0.1) is 12.4 Å². The molecule has 0 bridgehead atoms. The molecular formula is C12H25ClN2O. The van der Waals surface area contributed by atoms with Crippen molar-refractivity contribution in [3.05, 3.63) is 0 Å². The van der Waals surface area contributed by atoms with Gasteiger partial charge in [0, 0.05) is 13.1 Å². The Morgan fingerprint density at radius 3 is 2.19 bits per heavy atom. The van der Waals surface area contributed by atoms with E-state index in [1.54, 1.807) is 0 Å². The second-order valence-corrected chi connectivity index (χ2v) is 5.01. The van der Waals surface area contributed by atoms with Crippen LogP contribution in [0, 0.1) is 5.92 Å². The Labute approximate surface area is 105 Å². The lowest BCUT2D eigenvalue weighted by Gasteiger charge is -2.33. The number of hydrogen-bond donors (Lipinski definition) is 1. The molecule has 1 aliphatic rings. The number of nitrogens with zero attached hydrogens (tertiary/aromatic N) is 1. The van der Waals surface area contributed by atoms with Crippen molar-refractivity contribution in [1.29, 1.82) is 0 Å². The van der Waals surface area contributed by atoms with E-state index in [4.69, 9.17) is 5.73 Å². The Bertz CT molecular complexity index is 215. The third kappa shape index (κ3) is 3.95. The van der Waals surface area contributed by atoms with Gasteiger partial charge >= 0.3 is 0 Å². The standard InChI is InChI=1S/C12H24N2O.ClH/c1-9(2)11(13)12(15)14(3)10-7-5-4-6-8-10;/h9-11H,4-8,13H2,1-3H3;1H. The molecule has 0 aromatic rings. The lowest BCUT2D eigenvalue weighted by Crippen LogP contribution is -2.49. The molecule has 0 aromatic carbocycles. The Balaban J connectivity index is 0.00000225. The summed E-state index contributed by atoms with van der Waals surface area (Å²) in [6, 6.07) is 0.0907. The molecule has 96 valence electrons. The zero-order chi connectivity index (χ0) is 11.4. The highest BCUT2D eigenvalue weighted by Crippen LogP contribution is 2.22. The highest BCUT2D eigenvalue weighted by Gasteiger charge is 2.27. The highest BCUT2D eigenvalue weighted by atomic mass is 35.5. The van der Waals surface area contributed by atoms with Gasteiger partial charge in [-0.2, -0.15) is 0 Å². The molecule has 1 fully saturated rings. The van der Waals surface area contributed by atoms with Crippen LogP contribution >= 0.6 is 12.4 Å². The number of hydrogen-bond acceptors (Lipinski definition) is 2. The van der Waals surface area contributed by atoms with Crippen LogP contribution in [0.15, 0.2) is 0 Å². The first-order chi connectivity index (χ1) is 7.04. The van der Waals surface area contributed by atoms with Gasteiger partial charge in [0.05, 0.1) is 6.04 Å². The van der Waals surface area contributed by atoms with Crippen molar-refractivity contribution in [3.63, 3.8) is 0 Å². The smallest absolute Gasteiger partial charge is 0.239 e. The van der Waals surface area contributed by atoms with E-state index >= 15 is 0 Å². The summed E-state index contributed by atoms with van der Waals surface area (Å²) in [5.74, 6) is 0.334. The molecule has 0 radical (unpaired) electrons. The van der Waals surface area contributed by atoms with Crippen LogP contribution in [0.3, 0.4) is 0 Å². The number of rotatable bonds is 3. The van der Waals surface area contributed by atoms with Crippen molar-refractivity contribution in [2.24, 2.45) is 11.7 Å². The molecule has 0 aliphatic heterocycles. The number of likely N-dealkylation sites (N-methyl/N-ethyl adjacent to an activating group) is 1. The number of carbonyl (C=O) groups is 1. The van der Waals surface area contributed by atoms with Gasteiger partial charge in [0.25, 0.3) is 0 Å². The van der Waals surface area contributed by atoms with Crippen molar-refractivity contribution >= 4 is 18.3 Å². The second kappa shape index (κ2) is 7.13. The normalized spacial score (nSPS) is 19.1. The number of nitrogens with two attached hydrogens (primary N) is 1. The first-order valence-corrected chi connectivity index (χ1v) is 6.06. The van der Waals surface area contributed by atoms with Crippen LogP contribution in [0.1, 0.15) is 46.0 Å². The van der Waals surface area contributed by atoms with Crippen LogP contribution in [0.25, 0.3) is 0 Å². The number of carbonyl (C=O) groups excluding carboxylic acids is 1. The quantitative estimate of drug-likeness (QED) is 0.832. The molecule has 2 N–H and O–H groups in total.